The first kappa shape index (κ1) is 15.0. The number of methoxy groups -OCH3 is 1. The Balaban J connectivity index is 1.86. The molecule has 2 aliphatic rings. The lowest BCUT2D eigenvalue weighted by Crippen LogP contribution is -2.39. The second kappa shape index (κ2) is 5.69. The summed E-state index contributed by atoms with van der Waals surface area (Å²) in [6.07, 6.45) is 8.76. The summed E-state index contributed by atoms with van der Waals surface area (Å²) in [6.45, 7) is 2.89. The minimum Gasteiger partial charge on any atom is -0.370 e. The molecule has 2 saturated carbocycles. The van der Waals surface area contributed by atoms with Crippen molar-refractivity contribution in [2.75, 3.05) is 13.7 Å². The monoisotopic (exact) mass is 293 g/mol. The topological polar surface area (TPSA) is 74.2 Å². The van der Waals surface area contributed by atoms with Gasteiger partial charge < -0.3 is 15.0 Å². The van der Waals surface area contributed by atoms with Gasteiger partial charge in [0.15, 0.2) is 0 Å². The van der Waals surface area contributed by atoms with Crippen LogP contribution in [0.5, 0.6) is 0 Å². The third-order valence-electron chi connectivity index (χ3n) is 5.71. The van der Waals surface area contributed by atoms with E-state index in [1.165, 1.54) is 12.8 Å². The summed E-state index contributed by atoms with van der Waals surface area (Å²) in [5.41, 5.74) is 5.63. The Kier molecular flexibility index (Phi) is 4.06. The van der Waals surface area contributed by atoms with Crippen LogP contribution in [0.3, 0.4) is 0 Å². The van der Waals surface area contributed by atoms with E-state index in [9.17, 15) is 0 Å². The van der Waals surface area contributed by atoms with E-state index in [0.717, 1.165) is 56.2 Å². The van der Waals surface area contributed by atoms with Crippen molar-refractivity contribution in [3.05, 3.63) is 11.7 Å². The van der Waals surface area contributed by atoms with Crippen molar-refractivity contribution in [1.82, 2.24) is 10.1 Å². The van der Waals surface area contributed by atoms with Crippen LogP contribution in [0.1, 0.15) is 70.0 Å². The molecule has 2 fully saturated rings. The lowest BCUT2D eigenvalue weighted by molar-refractivity contribution is -0.0178. The van der Waals surface area contributed by atoms with Gasteiger partial charge >= 0.3 is 0 Å². The number of nitrogens with two attached hydrogens (primary N) is 1. The van der Waals surface area contributed by atoms with Crippen molar-refractivity contribution < 1.29 is 9.26 Å². The minimum absolute atomic E-state index is 0.120. The molecule has 0 aromatic carbocycles. The summed E-state index contributed by atoms with van der Waals surface area (Å²) < 4.78 is 11.4. The van der Waals surface area contributed by atoms with Gasteiger partial charge in [-0.05, 0) is 57.3 Å². The van der Waals surface area contributed by atoms with Crippen LogP contribution in [0, 0.1) is 5.92 Å². The average Bonchev–Trinajstić information content (AvgIpc) is 3.18. The maximum Gasteiger partial charge on any atom is 0.234 e. The van der Waals surface area contributed by atoms with Crippen molar-refractivity contribution in [2.24, 2.45) is 11.7 Å². The van der Waals surface area contributed by atoms with Gasteiger partial charge in [0.2, 0.25) is 11.7 Å². The number of rotatable bonds is 4. The second-order valence-corrected chi connectivity index (χ2v) is 7.00. The number of hydrogen-bond acceptors (Lipinski definition) is 5. The molecule has 0 atom stereocenters. The molecule has 5 heteroatoms. The van der Waals surface area contributed by atoms with Gasteiger partial charge in [0.25, 0.3) is 0 Å². The molecule has 5 nitrogen and oxygen atoms in total. The molecule has 21 heavy (non-hydrogen) atoms. The highest BCUT2D eigenvalue weighted by Gasteiger charge is 2.44. The van der Waals surface area contributed by atoms with Crippen molar-refractivity contribution in [3.8, 4) is 0 Å². The molecular formula is C16H27N3O2. The van der Waals surface area contributed by atoms with Crippen LogP contribution < -0.4 is 5.73 Å². The Labute approximate surface area is 126 Å². The minimum atomic E-state index is -0.334. The first-order valence-electron chi connectivity index (χ1n) is 8.24. The van der Waals surface area contributed by atoms with E-state index in [4.69, 9.17) is 20.0 Å². The van der Waals surface area contributed by atoms with Gasteiger partial charge in [-0.15, -0.1) is 0 Å². The van der Waals surface area contributed by atoms with Crippen LogP contribution in [0.15, 0.2) is 4.52 Å². The van der Waals surface area contributed by atoms with Crippen LogP contribution in [0.4, 0.5) is 0 Å². The molecule has 0 unspecified atom stereocenters. The zero-order valence-electron chi connectivity index (χ0n) is 13.2. The van der Waals surface area contributed by atoms with Gasteiger partial charge in [0.05, 0.1) is 5.41 Å². The van der Waals surface area contributed by atoms with E-state index in [1.807, 2.05) is 0 Å². The molecule has 1 aromatic rings. The standard InChI is InChI=1S/C16H27N3O2/c1-12-5-9-15(11-17,10-6-12)14-18-13(19-21-14)16(20-2)7-3-4-8-16/h12H,3-11,17H2,1-2H3. The predicted octanol–water partition coefficient (Wildman–Crippen LogP) is 2.89. The summed E-state index contributed by atoms with van der Waals surface area (Å²) in [7, 11) is 1.75. The first-order chi connectivity index (χ1) is 10.1. The van der Waals surface area contributed by atoms with E-state index < -0.39 is 0 Å². The van der Waals surface area contributed by atoms with E-state index >= 15 is 0 Å². The van der Waals surface area contributed by atoms with E-state index in [2.05, 4.69) is 12.1 Å². The smallest absolute Gasteiger partial charge is 0.234 e. The fourth-order valence-corrected chi connectivity index (χ4v) is 3.91. The van der Waals surface area contributed by atoms with Crippen molar-refractivity contribution in [1.29, 1.82) is 0 Å². The molecule has 0 radical (unpaired) electrons. The van der Waals surface area contributed by atoms with E-state index in [1.54, 1.807) is 7.11 Å². The van der Waals surface area contributed by atoms with Crippen LogP contribution in [-0.4, -0.2) is 23.8 Å². The highest BCUT2D eigenvalue weighted by Crippen LogP contribution is 2.43. The normalized spacial score (nSPS) is 32.4. The van der Waals surface area contributed by atoms with Crippen LogP contribution in [0.2, 0.25) is 0 Å². The Morgan fingerprint density at radius 3 is 2.48 bits per heavy atom. The Morgan fingerprint density at radius 1 is 1.24 bits per heavy atom. The molecule has 1 heterocycles. The average molecular weight is 293 g/mol. The number of aromatic nitrogens is 2. The summed E-state index contributed by atoms with van der Waals surface area (Å²) >= 11 is 0. The molecule has 0 bridgehead atoms. The van der Waals surface area contributed by atoms with Gasteiger partial charge in [0.1, 0.15) is 5.60 Å². The maximum absolute atomic E-state index is 6.08. The Bertz CT molecular complexity index is 472. The summed E-state index contributed by atoms with van der Waals surface area (Å²) in [4.78, 5) is 4.74. The molecule has 118 valence electrons. The lowest BCUT2D eigenvalue weighted by atomic mass is 9.70. The van der Waals surface area contributed by atoms with Crippen LogP contribution in [-0.2, 0) is 15.8 Å². The highest BCUT2D eigenvalue weighted by atomic mass is 16.5. The quantitative estimate of drug-likeness (QED) is 0.924. The largest absolute Gasteiger partial charge is 0.370 e. The number of ether oxygens (including phenoxy) is 1. The maximum atomic E-state index is 6.08. The van der Waals surface area contributed by atoms with Gasteiger partial charge in [0, 0.05) is 13.7 Å². The Hall–Kier alpha value is -0.940. The molecule has 0 amide bonds. The first-order valence-corrected chi connectivity index (χ1v) is 8.24. The van der Waals surface area contributed by atoms with Crippen molar-refractivity contribution in [3.63, 3.8) is 0 Å². The van der Waals surface area contributed by atoms with Crippen molar-refractivity contribution >= 4 is 0 Å². The summed E-state index contributed by atoms with van der Waals surface area (Å²) in [5.74, 6) is 2.23. The SMILES string of the molecule is COC1(c2noc(C3(CN)CCC(C)CC3)n2)CCCC1. The van der Waals surface area contributed by atoms with Crippen LogP contribution >= 0.6 is 0 Å². The number of nitrogens with zero attached hydrogens (tertiary/aromatic N) is 2. The second-order valence-electron chi connectivity index (χ2n) is 7.00. The molecule has 0 saturated heterocycles. The predicted molar refractivity (Wildman–Crippen MR) is 79.8 cm³/mol. The van der Waals surface area contributed by atoms with Crippen molar-refractivity contribution in [2.45, 2.75) is 69.3 Å². The molecule has 0 spiro atoms. The third-order valence-corrected chi connectivity index (χ3v) is 5.71. The molecular weight excluding hydrogens is 266 g/mol. The van der Waals surface area contributed by atoms with E-state index in [-0.39, 0.29) is 11.0 Å². The zero-order chi connectivity index (χ0) is 14.9. The van der Waals surface area contributed by atoms with Crippen LogP contribution in [0.25, 0.3) is 0 Å². The molecule has 2 aliphatic carbocycles. The van der Waals surface area contributed by atoms with Gasteiger partial charge in [-0.1, -0.05) is 12.1 Å². The molecule has 3 rings (SSSR count). The highest BCUT2D eigenvalue weighted by molar-refractivity contribution is 5.12. The summed E-state index contributed by atoms with van der Waals surface area (Å²) in [5, 5.41) is 4.26. The van der Waals surface area contributed by atoms with Gasteiger partial charge in [-0.3, -0.25) is 0 Å². The molecule has 2 N–H and O–H groups in total. The fraction of sp³-hybridized carbons (Fsp3) is 0.875. The fourth-order valence-electron chi connectivity index (χ4n) is 3.91. The molecule has 0 aliphatic heterocycles. The lowest BCUT2D eigenvalue weighted by Gasteiger charge is -2.35. The van der Waals surface area contributed by atoms with E-state index in [0.29, 0.717) is 6.54 Å². The van der Waals surface area contributed by atoms with Gasteiger partial charge in [-0.25, -0.2) is 0 Å². The van der Waals surface area contributed by atoms with Gasteiger partial charge in [-0.2, -0.15) is 4.98 Å². The summed E-state index contributed by atoms with van der Waals surface area (Å²) in [6, 6.07) is 0. The Morgan fingerprint density at radius 2 is 1.90 bits per heavy atom. The molecule has 1 aromatic heterocycles. The number of hydrogen-bond donors (Lipinski definition) is 1. The third kappa shape index (κ3) is 2.50. The zero-order valence-corrected chi connectivity index (χ0v) is 13.2.